The molecule has 0 saturated carbocycles. The molecular weight excluding hydrogens is 466 g/mol. The molecule has 4 rings (SSSR count). The highest BCUT2D eigenvalue weighted by molar-refractivity contribution is 6.31. The first-order chi connectivity index (χ1) is 15.6. The van der Waals surface area contributed by atoms with Gasteiger partial charge in [0.25, 0.3) is 11.8 Å². The molecule has 2 aromatic carbocycles. The van der Waals surface area contributed by atoms with Gasteiger partial charge in [-0.15, -0.1) is 0 Å². The number of nitrogens with one attached hydrogen (secondary N) is 2. The van der Waals surface area contributed by atoms with Gasteiger partial charge < -0.3 is 15.0 Å². The summed E-state index contributed by atoms with van der Waals surface area (Å²) in [5.74, 6) is -4.74. The molecule has 2 aliphatic rings. The average molecular weight is 486 g/mol. The Morgan fingerprint density at radius 2 is 1.94 bits per heavy atom. The lowest BCUT2D eigenvalue weighted by Crippen LogP contribution is -2.36. The quantitative estimate of drug-likeness (QED) is 0.606. The fourth-order valence-electron chi connectivity index (χ4n) is 4.16. The molecule has 2 atom stereocenters. The molecule has 0 spiro atoms. The Balaban J connectivity index is 1.52. The number of hydrogen-bond donors (Lipinski definition) is 2. The standard InChI is InChI=1S/C22H20ClF4N3O3/c1-30(21(32)33-18-9-22(26,27)10-28-18)17-7-4-12-13(3-6-16(25)19(12)17)20(31)29-11-2-5-15(24)14(23)8-11/h2-3,5-6,8,17-18,28H,4,7,9-10H2,1H3,(H,29,31)/t17-,18?/m0/s1. The van der Waals surface area contributed by atoms with Gasteiger partial charge in [0.15, 0.2) is 6.23 Å². The Hall–Kier alpha value is -2.85. The Morgan fingerprint density at radius 3 is 2.61 bits per heavy atom. The third-order valence-electron chi connectivity index (χ3n) is 5.80. The summed E-state index contributed by atoms with van der Waals surface area (Å²) in [5, 5.41) is 4.87. The van der Waals surface area contributed by atoms with Gasteiger partial charge in [-0.05, 0) is 48.7 Å². The molecule has 1 aliphatic carbocycles. The number of amides is 2. The maximum absolute atomic E-state index is 14.8. The molecule has 11 heteroatoms. The summed E-state index contributed by atoms with van der Waals surface area (Å²) in [7, 11) is 1.39. The van der Waals surface area contributed by atoms with Crippen LogP contribution in [0.2, 0.25) is 5.02 Å². The normalized spacial score (nSPS) is 20.9. The molecular formula is C22H20ClF4N3O3. The molecule has 0 bridgehead atoms. The fraction of sp³-hybridized carbons (Fsp3) is 0.364. The Kier molecular flexibility index (Phi) is 6.24. The van der Waals surface area contributed by atoms with Crippen LogP contribution in [0, 0.1) is 11.6 Å². The van der Waals surface area contributed by atoms with Gasteiger partial charge in [-0.25, -0.2) is 22.4 Å². The van der Waals surface area contributed by atoms with E-state index in [-0.39, 0.29) is 21.8 Å². The minimum atomic E-state index is -2.97. The molecule has 2 N–H and O–H groups in total. The average Bonchev–Trinajstić information content (AvgIpc) is 3.34. The summed E-state index contributed by atoms with van der Waals surface area (Å²) in [6, 6.07) is 5.44. The lowest BCUT2D eigenvalue weighted by Gasteiger charge is -2.26. The summed E-state index contributed by atoms with van der Waals surface area (Å²) in [6.45, 7) is -0.590. The van der Waals surface area contributed by atoms with Crippen LogP contribution in [0.5, 0.6) is 0 Å². The molecule has 1 aliphatic heterocycles. The Labute approximate surface area is 191 Å². The van der Waals surface area contributed by atoms with E-state index < -0.39 is 54.8 Å². The van der Waals surface area contributed by atoms with Crippen molar-refractivity contribution >= 4 is 29.3 Å². The van der Waals surface area contributed by atoms with Crippen molar-refractivity contribution in [2.45, 2.75) is 37.5 Å². The minimum absolute atomic E-state index is 0.160. The highest BCUT2D eigenvalue weighted by Gasteiger charge is 2.42. The van der Waals surface area contributed by atoms with Crippen LogP contribution in [0.25, 0.3) is 0 Å². The van der Waals surface area contributed by atoms with E-state index in [2.05, 4.69) is 10.6 Å². The number of fused-ring (bicyclic) bond motifs is 1. The molecule has 2 aromatic rings. The van der Waals surface area contributed by atoms with E-state index in [0.717, 1.165) is 17.0 Å². The van der Waals surface area contributed by atoms with Crippen molar-refractivity contribution in [2.24, 2.45) is 0 Å². The Bertz CT molecular complexity index is 1110. The van der Waals surface area contributed by atoms with Crippen LogP contribution in [0.15, 0.2) is 30.3 Å². The van der Waals surface area contributed by atoms with Crippen molar-refractivity contribution in [3.8, 4) is 0 Å². The van der Waals surface area contributed by atoms with E-state index in [1.54, 1.807) is 0 Å². The van der Waals surface area contributed by atoms with Gasteiger partial charge in [-0.2, -0.15) is 0 Å². The predicted molar refractivity (Wildman–Crippen MR) is 112 cm³/mol. The van der Waals surface area contributed by atoms with Crippen molar-refractivity contribution < 1.29 is 31.9 Å². The van der Waals surface area contributed by atoms with E-state index in [4.69, 9.17) is 16.3 Å². The molecule has 176 valence electrons. The first kappa shape index (κ1) is 23.3. The van der Waals surface area contributed by atoms with Crippen molar-refractivity contribution in [3.05, 3.63) is 63.7 Å². The van der Waals surface area contributed by atoms with Crippen molar-refractivity contribution in [1.82, 2.24) is 10.2 Å². The van der Waals surface area contributed by atoms with Gasteiger partial charge in [0.1, 0.15) is 11.6 Å². The van der Waals surface area contributed by atoms with Gasteiger partial charge in [0.05, 0.1) is 24.0 Å². The molecule has 1 unspecified atom stereocenters. The van der Waals surface area contributed by atoms with Crippen LogP contribution >= 0.6 is 11.6 Å². The number of halogens is 5. The predicted octanol–water partition coefficient (Wildman–Crippen LogP) is 4.88. The minimum Gasteiger partial charge on any atom is -0.430 e. The number of benzene rings is 2. The summed E-state index contributed by atoms with van der Waals surface area (Å²) in [6.07, 6.45) is -2.03. The van der Waals surface area contributed by atoms with Crippen molar-refractivity contribution in [3.63, 3.8) is 0 Å². The molecule has 1 fully saturated rings. The maximum Gasteiger partial charge on any atom is 0.411 e. The number of alkyl halides is 2. The van der Waals surface area contributed by atoms with Crippen LogP contribution in [-0.4, -0.2) is 42.6 Å². The molecule has 1 saturated heterocycles. The zero-order valence-corrected chi connectivity index (χ0v) is 18.2. The van der Waals surface area contributed by atoms with Crippen LogP contribution in [0.3, 0.4) is 0 Å². The first-order valence-electron chi connectivity index (χ1n) is 10.2. The van der Waals surface area contributed by atoms with E-state index >= 15 is 0 Å². The molecule has 6 nitrogen and oxygen atoms in total. The van der Waals surface area contributed by atoms with Crippen LogP contribution in [0.4, 0.5) is 28.0 Å². The summed E-state index contributed by atoms with van der Waals surface area (Å²) in [4.78, 5) is 26.5. The number of anilines is 1. The lowest BCUT2D eigenvalue weighted by molar-refractivity contribution is -0.00223. The highest BCUT2D eigenvalue weighted by Crippen LogP contribution is 2.39. The number of rotatable bonds is 4. The summed E-state index contributed by atoms with van der Waals surface area (Å²) in [5.41, 5.74) is 1.06. The molecule has 0 aromatic heterocycles. The van der Waals surface area contributed by atoms with Gasteiger partial charge in [0, 0.05) is 23.9 Å². The monoisotopic (exact) mass is 485 g/mol. The van der Waals surface area contributed by atoms with E-state index in [1.807, 2.05) is 0 Å². The van der Waals surface area contributed by atoms with Gasteiger partial charge >= 0.3 is 6.09 Å². The van der Waals surface area contributed by atoms with Gasteiger partial charge in [-0.3, -0.25) is 10.1 Å². The second-order valence-electron chi connectivity index (χ2n) is 8.05. The zero-order chi connectivity index (χ0) is 23.9. The molecule has 33 heavy (non-hydrogen) atoms. The number of carbonyl (C=O) groups excluding carboxylic acids is 2. The number of nitrogens with zero attached hydrogens (tertiary/aromatic N) is 1. The first-order valence-corrected chi connectivity index (χ1v) is 10.6. The van der Waals surface area contributed by atoms with Crippen molar-refractivity contribution in [2.75, 3.05) is 18.9 Å². The summed E-state index contributed by atoms with van der Waals surface area (Å²) < 4.78 is 59.9. The molecule has 0 radical (unpaired) electrons. The third-order valence-corrected chi connectivity index (χ3v) is 6.09. The highest BCUT2D eigenvalue weighted by atomic mass is 35.5. The smallest absolute Gasteiger partial charge is 0.411 e. The van der Waals surface area contributed by atoms with Crippen LogP contribution in [0.1, 0.15) is 40.4 Å². The second kappa shape index (κ2) is 8.83. The molecule has 1 heterocycles. The largest absolute Gasteiger partial charge is 0.430 e. The summed E-state index contributed by atoms with van der Waals surface area (Å²) >= 11 is 5.75. The molecule has 2 amide bonds. The second-order valence-corrected chi connectivity index (χ2v) is 8.46. The maximum atomic E-state index is 14.8. The van der Waals surface area contributed by atoms with Crippen molar-refractivity contribution in [1.29, 1.82) is 0 Å². The van der Waals surface area contributed by atoms with Crippen LogP contribution in [-0.2, 0) is 11.2 Å². The Morgan fingerprint density at radius 1 is 1.21 bits per heavy atom. The fourth-order valence-corrected chi connectivity index (χ4v) is 4.34. The van der Waals surface area contributed by atoms with Crippen LogP contribution < -0.4 is 10.6 Å². The topological polar surface area (TPSA) is 70.7 Å². The number of hydrogen-bond acceptors (Lipinski definition) is 4. The van der Waals surface area contributed by atoms with Gasteiger partial charge in [0.2, 0.25) is 0 Å². The SMILES string of the molecule is CN(C(=O)OC1CC(F)(F)CN1)[C@H]1CCc2c(C(=O)Nc3ccc(F)c(Cl)c3)ccc(F)c21. The zero-order valence-electron chi connectivity index (χ0n) is 17.4. The third kappa shape index (κ3) is 4.77. The van der Waals surface area contributed by atoms with Gasteiger partial charge in [-0.1, -0.05) is 11.6 Å². The number of carbonyl (C=O) groups is 2. The number of ether oxygens (including phenoxy) is 1. The van der Waals surface area contributed by atoms with E-state index in [1.165, 1.54) is 25.2 Å². The van der Waals surface area contributed by atoms with E-state index in [0.29, 0.717) is 18.4 Å². The van der Waals surface area contributed by atoms with E-state index in [9.17, 15) is 27.2 Å². The lowest BCUT2D eigenvalue weighted by atomic mass is 10.0.